The van der Waals surface area contributed by atoms with E-state index in [1.807, 2.05) is 18.7 Å². The molecule has 2 amide bonds. The van der Waals surface area contributed by atoms with Gasteiger partial charge in [0.1, 0.15) is 0 Å². The van der Waals surface area contributed by atoms with E-state index in [-0.39, 0.29) is 23.9 Å². The Balaban J connectivity index is 1.71. The lowest BCUT2D eigenvalue weighted by molar-refractivity contribution is -0.136. The Bertz CT molecular complexity index is 611. The minimum absolute atomic E-state index is 0.0146. The quantitative estimate of drug-likeness (QED) is 0.845. The van der Waals surface area contributed by atoms with Crippen molar-refractivity contribution in [1.29, 1.82) is 0 Å². The number of hydrogen-bond acceptors (Lipinski definition) is 4. The van der Waals surface area contributed by atoms with E-state index in [4.69, 9.17) is 0 Å². The summed E-state index contributed by atoms with van der Waals surface area (Å²) in [6.07, 6.45) is 8.74. The molecule has 2 fully saturated rings. The number of nitrogens with zero attached hydrogens (tertiary/aromatic N) is 3. The van der Waals surface area contributed by atoms with Crippen LogP contribution >= 0.6 is 0 Å². The van der Waals surface area contributed by atoms with E-state index in [9.17, 15) is 9.59 Å². The minimum Gasteiger partial charge on any atom is -0.348 e. The zero-order valence-corrected chi connectivity index (χ0v) is 15.9. The standard InChI is InChI=1S/C20H30N4O2/c1-3-23(4-2)20(26)18-13-16(14-24(18)17-7-5-6-8-17)22-19(25)15-9-11-21-12-10-15/h9-12,16-18H,3-8,13-14H2,1-2H3,(H,22,25)/t16-,18+/m1/s1. The van der Waals surface area contributed by atoms with Gasteiger partial charge in [0, 0.05) is 49.7 Å². The first-order valence-electron chi connectivity index (χ1n) is 9.89. The summed E-state index contributed by atoms with van der Waals surface area (Å²) in [5, 5.41) is 3.13. The first kappa shape index (κ1) is 18.8. The van der Waals surface area contributed by atoms with Gasteiger partial charge in [-0.1, -0.05) is 12.8 Å². The van der Waals surface area contributed by atoms with Gasteiger partial charge in [0.2, 0.25) is 5.91 Å². The third-order valence-electron chi connectivity index (χ3n) is 5.77. The molecule has 0 radical (unpaired) electrons. The molecule has 6 nitrogen and oxygen atoms in total. The third-order valence-corrected chi connectivity index (χ3v) is 5.77. The molecule has 26 heavy (non-hydrogen) atoms. The van der Waals surface area contributed by atoms with E-state index in [1.54, 1.807) is 24.5 Å². The van der Waals surface area contributed by atoms with Crippen molar-refractivity contribution in [2.75, 3.05) is 19.6 Å². The van der Waals surface area contributed by atoms with Gasteiger partial charge in [-0.2, -0.15) is 0 Å². The lowest BCUT2D eigenvalue weighted by atomic mass is 10.1. The van der Waals surface area contributed by atoms with E-state index >= 15 is 0 Å². The van der Waals surface area contributed by atoms with E-state index in [1.165, 1.54) is 12.8 Å². The molecule has 1 aliphatic heterocycles. The predicted molar refractivity (Wildman–Crippen MR) is 101 cm³/mol. The summed E-state index contributed by atoms with van der Waals surface area (Å²) >= 11 is 0. The number of hydrogen-bond donors (Lipinski definition) is 1. The summed E-state index contributed by atoms with van der Waals surface area (Å²) < 4.78 is 0. The molecular formula is C20H30N4O2. The molecule has 6 heteroatoms. The average molecular weight is 358 g/mol. The molecule has 1 aliphatic carbocycles. The van der Waals surface area contributed by atoms with Gasteiger partial charge in [0.05, 0.1) is 6.04 Å². The molecule has 1 N–H and O–H groups in total. The highest BCUT2D eigenvalue weighted by molar-refractivity contribution is 5.94. The lowest BCUT2D eigenvalue weighted by Gasteiger charge is -2.32. The fourth-order valence-electron chi connectivity index (χ4n) is 4.37. The van der Waals surface area contributed by atoms with Gasteiger partial charge in [-0.15, -0.1) is 0 Å². The Kier molecular flexibility index (Phi) is 6.25. The second kappa shape index (κ2) is 8.62. The molecule has 0 unspecified atom stereocenters. The number of rotatable bonds is 6. The van der Waals surface area contributed by atoms with Crippen LogP contribution in [0.25, 0.3) is 0 Å². The van der Waals surface area contributed by atoms with Crippen molar-refractivity contribution < 1.29 is 9.59 Å². The van der Waals surface area contributed by atoms with E-state index in [0.29, 0.717) is 18.0 Å². The lowest BCUT2D eigenvalue weighted by Crippen LogP contribution is -2.48. The third kappa shape index (κ3) is 4.06. The van der Waals surface area contributed by atoms with E-state index in [0.717, 1.165) is 32.5 Å². The molecule has 0 spiro atoms. The van der Waals surface area contributed by atoms with Crippen molar-refractivity contribution in [2.24, 2.45) is 0 Å². The van der Waals surface area contributed by atoms with Crippen LogP contribution < -0.4 is 5.32 Å². The van der Waals surface area contributed by atoms with E-state index in [2.05, 4.69) is 15.2 Å². The van der Waals surface area contributed by atoms with Crippen molar-refractivity contribution in [2.45, 2.75) is 64.1 Å². The van der Waals surface area contributed by atoms with Crippen LogP contribution in [0.2, 0.25) is 0 Å². The fraction of sp³-hybridized carbons (Fsp3) is 0.650. The van der Waals surface area contributed by atoms with Crippen LogP contribution in [0, 0.1) is 0 Å². The Labute approximate surface area is 156 Å². The molecule has 1 saturated heterocycles. The molecule has 1 saturated carbocycles. The topological polar surface area (TPSA) is 65.5 Å². The SMILES string of the molecule is CCN(CC)C(=O)[C@@H]1C[C@@H](NC(=O)c2ccncc2)CN1C1CCCC1. The van der Waals surface area contributed by atoms with Crippen molar-refractivity contribution in [1.82, 2.24) is 20.1 Å². The summed E-state index contributed by atoms with van der Waals surface area (Å²) in [6, 6.07) is 3.82. The Morgan fingerprint density at radius 3 is 2.46 bits per heavy atom. The van der Waals surface area contributed by atoms with Gasteiger partial charge in [-0.3, -0.25) is 19.5 Å². The van der Waals surface area contributed by atoms with Crippen LogP contribution in [-0.2, 0) is 4.79 Å². The second-order valence-electron chi connectivity index (χ2n) is 7.30. The number of pyridine rings is 1. The first-order chi connectivity index (χ1) is 12.6. The summed E-state index contributed by atoms with van der Waals surface area (Å²) in [5.41, 5.74) is 0.617. The Morgan fingerprint density at radius 1 is 1.19 bits per heavy atom. The highest BCUT2D eigenvalue weighted by Crippen LogP contribution is 2.31. The average Bonchev–Trinajstić information content (AvgIpc) is 3.33. The molecule has 1 aromatic heterocycles. The molecule has 0 aromatic carbocycles. The van der Waals surface area contributed by atoms with Crippen molar-refractivity contribution in [3.05, 3.63) is 30.1 Å². The van der Waals surface area contributed by atoms with Crippen molar-refractivity contribution in [3.8, 4) is 0 Å². The normalized spacial score (nSPS) is 23.9. The van der Waals surface area contributed by atoms with Gasteiger partial charge in [0.25, 0.3) is 5.91 Å². The molecular weight excluding hydrogens is 328 g/mol. The number of aromatic nitrogens is 1. The molecule has 1 aromatic rings. The number of likely N-dealkylation sites (tertiary alicyclic amines) is 1. The molecule has 2 aliphatic rings. The predicted octanol–water partition coefficient (Wildman–Crippen LogP) is 2.07. The largest absolute Gasteiger partial charge is 0.348 e. The second-order valence-corrected chi connectivity index (χ2v) is 7.30. The van der Waals surface area contributed by atoms with Crippen LogP contribution in [0.15, 0.2) is 24.5 Å². The number of amides is 2. The van der Waals surface area contributed by atoms with Crippen LogP contribution in [0.3, 0.4) is 0 Å². The van der Waals surface area contributed by atoms with Crippen molar-refractivity contribution >= 4 is 11.8 Å². The highest BCUT2D eigenvalue weighted by atomic mass is 16.2. The summed E-state index contributed by atoms with van der Waals surface area (Å²) in [6.45, 7) is 6.29. The maximum atomic E-state index is 13.0. The Hall–Kier alpha value is -1.95. The summed E-state index contributed by atoms with van der Waals surface area (Å²) in [5.74, 6) is 0.127. The van der Waals surface area contributed by atoms with Gasteiger partial charge < -0.3 is 10.2 Å². The smallest absolute Gasteiger partial charge is 0.251 e. The zero-order valence-electron chi connectivity index (χ0n) is 15.9. The number of carbonyl (C=O) groups excluding carboxylic acids is 2. The molecule has 0 bridgehead atoms. The zero-order chi connectivity index (χ0) is 18.5. The number of likely N-dealkylation sites (N-methyl/N-ethyl adjacent to an activating group) is 1. The van der Waals surface area contributed by atoms with Crippen molar-refractivity contribution in [3.63, 3.8) is 0 Å². The van der Waals surface area contributed by atoms with Gasteiger partial charge in [0.15, 0.2) is 0 Å². The molecule has 142 valence electrons. The molecule has 3 rings (SSSR count). The van der Waals surface area contributed by atoms with Gasteiger partial charge in [-0.05, 0) is 45.2 Å². The molecule has 2 heterocycles. The highest BCUT2D eigenvalue weighted by Gasteiger charge is 2.42. The maximum absolute atomic E-state index is 13.0. The maximum Gasteiger partial charge on any atom is 0.251 e. The monoisotopic (exact) mass is 358 g/mol. The first-order valence-corrected chi connectivity index (χ1v) is 9.89. The minimum atomic E-state index is -0.110. The van der Waals surface area contributed by atoms with Crippen LogP contribution in [-0.4, -0.2) is 64.4 Å². The summed E-state index contributed by atoms with van der Waals surface area (Å²) in [7, 11) is 0. The summed E-state index contributed by atoms with van der Waals surface area (Å²) in [4.78, 5) is 33.8. The van der Waals surface area contributed by atoms with Gasteiger partial charge >= 0.3 is 0 Å². The number of carbonyl (C=O) groups is 2. The van der Waals surface area contributed by atoms with Crippen LogP contribution in [0.1, 0.15) is 56.3 Å². The van der Waals surface area contributed by atoms with E-state index < -0.39 is 0 Å². The van der Waals surface area contributed by atoms with Crippen LogP contribution in [0.5, 0.6) is 0 Å². The van der Waals surface area contributed by atoms with Gasteiger partial charge in [-0.25, -0.2) is 0 Å². The van der Waals surface area contributed by atoms with Crippen LogP contribution in [0.4, 0.5) is 0 Å². The Morgan fingerprint density at radius 2 is 1.85 bits per heavy atom. The fourth-order valence-corrected chi connectivity index (χ4v) is 4.37. The number of nitrogens with one attached hydrogen (secondary N) is 1. The molecule has 2 atom stereocenters.